The SMILES string of the molecule is Cn1c(C2(C)CC2)nnc1C(C)(C)c1ccc(Cl)s1. The Balaban J connectivity index is 2.04. The van der Waals surface area contributed by atoms with E-state index >= 15 is 0 Å². The minimum Gasteiger partial charge on any atom is -0.317 e. The highest BCUT2D eigenvalue weighted by Crippen LogP contribution is 2.47. The van der Waals surface area contributed by atoms with E-state index in [0.29, 0.717) is 0 Å². The summed E-state index contributed by atoms with van der Waals surface area (Å²) in [6.07, 6.45) is 2.43. The fourth-order valence-electron chi connectivity index (χ4n) is 2.57. The van der Waals surface area contributed by atoms with Gasteiger partial charge in [-0.3, -0.25) is 0 Å². The van der Waals surface area contributed by atoms with Crippen LogP contribution in [0.25, 0.3) is 0 Å². The Hall–Kier alpha value is -0.870. The topological polar surface area (TPSA) is 30.7 Å². The van der Waals surface area contributed by atoms with E-state index in [1.165, 1.54) is 17.7 Å². The first-order valence-electron chi connectivity index (χ1n) is 6.51. The van der Waals surface area contributed by atoms with Gasteiger partial charge in [0, 0.05) is 17.3 Å². The number of thiophene rings is 1. The fraction of sp³-hybridized carbons (Fsp3) is 0.571. The molecular weight excluding hydrogens is 278 g/mol. The first-order chi connectivity index (χ1) is 8.84. The van der Waals surface area contributed by atoms with Crippen molar-refractivity contribution in [1.82, 2.24) is 14.8 Å². The summed E-state index contributed by atoms with van der Waals surface area (Å²) in [5.41, 5.74) is 0.0756. The molecule has 0 amide bonds. The Morgan fingerprint density at radius 3 is 2.53 bits per heavy atom. The highest BCUT2D eigenvalue weighted by molar-refractivity contribution is 7.16. The molecule has 0 aliphatic heterocycles. The van der Waals surface area contributed by atoms with Crippen molar-refractivity contribution in [2.45, 2.75) is 44.4 Å². The van der Waals surface area contributed by atoms with E-state index in [2.05, 4.69) is 48.6 Å². The van der Waals surface area contributed by atoms with Crippen molar-refractivity contribution >= 4 is 22.9 Å². The molecule has 0 unspecified atom stereocenters. The maximum Gasteiger partial charge on any atom is 0.143 e. The average molecular weight is 296 g/mol. The predicted molar refractivity (Wildman–Crippen MR) is 79.0 cm³/mol. The molecule has 0 N–H and O–H groups in total. The van der Waals surface area contributed by atoms with E-state index in [-0.39, 0.29) is 10.8 Å². The van der Waals surface area contributed by atoms with Crippen LogP contribution in [0.3, 0.4) is 0 Å². The van der Waals surface area contributed by atoms with E-state index in [4.69, 9.17) is 11.6 Å². The van der Waals surface area contributed by atoms with E-state index in [0.717, 1.165) is 16.0 Å². The second-order valence-electron chi connectivity index (χ2n) is 6.20. The molecule has 1 saturated carbocycles. The van der Waals surface area contributed by atoms with Gasteiger partial charge in [0.15, 0.2) is 0 Å². The molecule has 0 bridgehead atoms. The van der Waals surface area contributed by atoms with Crippen molar-refractivity contribution in [3.63, 3.8) is 0 Å². The minimum atomic E-state index is -0.164. The number of hydrogen-bond donors (Lipinski definition) is 0. The van der Waals surface area contributed by atoms with Crippen LogP contribution in [0.1, 0.15) is 50.1 Å². The summed E-state index contributed by atoms with van der Waals surface area (Å²) in [5.74, 6) is 2.12. The first-order valence-corrected chi connectivity index (χ1v) is 7.70. The molecule has 0 radical (unpaired) electrons. The van der Waals surface area contributed by atoms with Crippen molar-refractivity contribution < 1.29 is 0 Å². The summed E-state index contributed by atoms with van der Waals surface area (Å²) in [4.78, 5) is 1.22. The highest BCUT2D eigenvalue weighted by atomic mass is 35.5. The van der Waals surface area contributed by atoms with E-state index in [1.54, 1.807) is 11.3 Å². The van der Waals surface area contributed by atoms with Crippen molar-refractivity contribution in [1.29, 1.82) is 0 Å². The molecule has 2 aromatic heterocycles. The summed E-state index contributed by atoms with van der Waals surface area (Å²) < 4.78 is 2.99. The van der Waals surface area contributed by atoms with E-state index in [9.17, 15) is 0 Å². The van der Waals surface area contributed by atoms with Crippen LogP contribution in [-0.4, -0.2) is 14.8 Å². The van der Waals surface area contributed by atoms with Crippen molar-refractivity contribution in [2.24, 2.45) is 7.05 Å². The Morgan fingerprint density at radius 1 is 1.32 bits per heavy atom. The summed E-state index contributed by atoms with van der Waals surface area (Å²) in [5, 5.41) is 8.89. The van der Waals surface area contributed by atoms with Gasteiger partial charge in [-0.2, -0.15) is 0 Å². The van der Waals surface area contributed by atoms with Gasteiger partial charge in [-0.25, -0.2) is 0 Å². The third-order valence-corrected chi connectivity index (χ3v) is 5.72. The molecule has 0 atom stereocenters. The van der Waals surface area contributed by atoms with Gasteiger partial charge in [-0.05, 0) is 38.8 Å². The Labute approximate surface area is 122 Å². The van der Waals surface area contributed by atoms with Crippen LogP contribution in [0.15, 0.2) is 12.1 Å². The average Bonchev–Trinajstić information content (AvgIpc) is 2.77. The zero-order valence-corrected chi connectivity index (χ0v) is 13.3. The van der Waals surface area contributed by atoms with Gasteiger partial charge in [-0.1, -0.05) is 18.5 Å². The predicted octanol–water partition coefficient (Wildman–Crippen LogP) is 3.91. The highest BCUT2D eigenvalue weighted by Gasteiger charge is 2.44. The van der Waals surface area contributed by atoms with Crippen LogP contribution in [0.5, 0.6) is 0 Å². The van der Waals surface area contributed by atoms with Crippen LogP contribution in [0.4, 0.5) is 0 Å². The van der Waals surface area contributed by atoms with Crippen LogP contribution >= 0.6 is 22.9 Å². The molecule has 3 nitrogen and oxygen atoms in total. The molecule has 1 aliphatic carbocycles. The summed E-state index contributed by atoms with van der Waals surface area (Å²) in [6.45, 7) is 6.62. The van der Waals surface area contributed by atoms with Gasteiger partial charge < -0.3 is 4.57 Å². The lowest BCUT2D eigenvalue weighted by Crippen LogP contribution is -2.23. The second kappa shape index (κ2) is 4.06. The molecule has 0 spiro atoms. The lowest BCUT2D eigenvalue weighted by Gasteiger charge is -2.22. The number of hydrogen-bond acceptors (Lipinski definition) is 3. The standard InChI is InChI=1S/C14H18ClN3S/c1-13(2,9-5-6-10(15)19-9)11-16-17-12(18(11)4)14(3)7-8-14/h5-6H,7-8H2,1-4H3. The van der Waals surface area contributed by atoms with E-state index in [1.807, 2.05) is 6.07 Å². The van der Waals surface area contributed by atoms with Crippen LogP contribution in [0, 0.1) is 0 Å². The quantitative estimate of drug-likeness (QED) is 0.859. The van der Waals surface area contributed by atoms with Crippen molar-refractivity contribution in [3.05, 3.63) is 33.0 Å². The van der Waals surface area contributed by atoms with Crippen LogP contribution in [0.2, 0.25) is 4.34 Å². The Kier molecular flexibility index (Phi) is 2.81. The number of halogens is 1. The molecule has 0 aromatic carbocycles. The summed E-state index contributed by atoms with van der Waals surface area (Å²) >= 11 is 7.67. The molecular formula is C14H18ClN3S. The third-order valence-electron chi connectivity index (χ3n) is 4.16. The maximum atomic E-state index is 6.06. The lowest BCUT2D eigenvalue weighted by atomic mass is 9.90. The summed E-state index contributed by atoms with van der Waals surface area (Å²) in [6, 6.07) is 4.03. The van der Waals surface area contributed by atoms with Crippen LogP contribution < -0.4 is 0 Å². The third kappa shape index (κ3) is 2.01. The zero-order valence-electron chi connectivity index (χ0n) is 11.7. The Morgan fingerprint density at radius 2 is 2.00 bits per heavy atom. The second-order valence-corrected chi connectivity index (χ2v) is 7.91. The van der Waals surface area contributed by atoms with E-state index < -0.39 is 0 Å². The number of aromatic nitrogens is 3. The van der Waals surface area contributed by atoms with Crippen molar-refractivity contribution in [2.75, 3.05) is 0 Å². The molecule has 2 aromatic rings. The largest absolute Gasteiger partial charge is 0.317 e. The van der Waals surface area contributed by atoms with Gasteiger partial charge >= 0.3 is 0 Å². The molecule has 1 fully saturated rings. The van der Waals surface area contributed by atoms with Gasteiger partial charge in [-0.15, -0.1) is 21.5 Å². The van der Waals surface area contributed by atoms with Gasteiger partial charge in [0.2, 0.25) is 0 Å². The number of nitrogens with zero attached hydrogens (tertiary/aromatic N) is 3. The summed E-state index contributed by atoms with van der Waals surface area (Å²) in [7, 11) is 2.07. The zero-order chi connectivity index (χ0) is 13.8. The maximum absolute atomic E-state index is 6.06. The molecule has 0 saturated heterocycles. The molecule has 5 heteroatoms. The van der Waals surface area contributed by atoms with Crippen LogP contribution in [-0.2, 0) is 17.9 Å². The van der Waals surface area contributed by atoms with Gasteiger partial charge in [0.05, 0.1) is 9.75 Å². The lowest BCUT2D eigenvalue weighted by molar-refractivity contribution is 0.555. The van der Waals surface area contributed by atoms with Gasteiger partial charge in [0.1, 0.15) is 11.6 Å². The minimum absolute atomic E-state index is 0.164. The molecule has 2 heterocycles. The molecule has 102 valence electrons. The fourth-order valence-corrected chi connectivity index (χ4v) is 3.71. The van der Waals surface area contributed by atoms with Crippen molar-refractivity contribution in [3.8, 4) is 0 Å². The smallest absolute Gasteiger partial charge is 0.143 e. The Bertz CT molecular complexity index is 622. The molecule has 19 heavy (non-hydrogen) atoms. The normalized spacial score (nSPS) is 17.7. The number of rotatable bonds is 3. The molecule has 3 rings (SSSR count). The monoisotopic (exact) mass is 295 g/mol. The first kappa shape index (κ1) is 13.1. The molecule has 1 aliphatic rings. The van der Waals surface area contributed by atoms with Gasteiger partial charge in [0.25, 0.3) is 0 Å².